The summed E-state index contributed by atoms with van der Waals surface area (Å²) in [6.07, 6.45) is 2.08. The molecule has 0 fully saturated rings. The Morgan fingerprint density at radius 1 is 1.00 bits per heavy atom. The molecule has 0 N–H and O–H groups in total. The second-order valence-electron chi connectivity index (χ2n) is 9.24. The number of anilines is 1. The van der Waals surface area contributed by atoms with E-state index in [0.29, 0.717) is 0 Å². The van der Waals surface area contributed by atoms with Gasteiger partial charge in [0, 0.05) is 44.0 Å². The summed E-state index contributed by atoms with van der Waals surface area (Å²) in [5, 5.41) is 6.12. The van der Waals surface area contributed by atoms with E-state index in [9.17, 15) is 0 Å². The van der Waals surface area contributed by atoms with Crippen LogP contribution in [0.1, 0.15) is 44.4 Å². The van der Waals surface area contributed by atoms with Crippen LogP contribution in [0.5, 0.6) is 0 Å². The predicted octanol–water partition coefficient (Wildman–Crippen LogP) is 6.88. The molecule has 32 heavy (non-hydrogen) atoms. The van der Waals surface area contributed by atoms with Gasteiger partial charge in [-0.15, -0.1) is 0 Å². The largest absolute Gasteiger partial charge is 0.346 e. The number of rotatable bonds is 4. The van der Waals surface area contributed by atoms with Crippen molar-refractivity contribution < 1.29 is 0 Å². The normalized spacial score (nSPS) is 23.9. The lowest BCUT2D eigenvalue weighted by Gasteiger charge is -2.39. The van der Waals surface area contributed by atoms with Crippen molar-refractivity contribution in [2.45, 2.75) is 47.0 Å². The first-order valence-electron chi connectivity index (χ1n) is 11.5. The van der Waals surface area contributed by atoms with E-state index in [1.165, 1.54) is 33.4 Å². The molecule has 2 aliphatic heterocycles. The van der Waals surface area contributed by atoms with Crippen LogP contribution in [0.2, 0.25) is 0 Å². The summed E-state index contributed by atoms with van der Waals surface area (Å²) in [4.78, 5) is 2.37. The van der Waals surface area contributed by atoms with Crippen molar-refractivity contribution in [1.29, 1.82) is 0 Å². The van der Waals surface area contributed by atoms with Gasteiger partial charge in [0.05, 0.1) is 17.2 Å². The summed E-state index contributed by atoms with van der Waals surface area (Å²) in [5.74, 6) is 0. The Labute approximate surface area is 193 Å². The van der Waals surface area contributed by atoms with Crippen LogP contribution in [0.25, 0.3) is 0 Å². The number of aryl methyl sites for hydroxylation is 2. The number of para-hydroxylation sites is 1. The summed E-state index contributed by atoms with van der Waals surface area (Å²) in [6, 6.07) is 15.3. The smallest absolute Gasteiger partial charge is 0.174 e. The van der Waals surface area contributed by atoms with Crippen molar-refractivity contribution in [2.24, 2.45) is 9.85 Å². The maximum atomic E-state index is 5.56. The highest BCUT2D eigenvalue weighted by molar-refractivity contribution is 7.67. The van der Waals surface area contributed by atoms with E-state index in [1.807, 2.05) is 0 Å². The fraction of sp³-hybridized carbons (Fsp3) is 0.423. The lowest BCUT2D eigenvalue weighted by Crippen LogP contribution is -2.30. The van der Waals surface area contributed by atoms with Gasteiger partial charge in [0.25, 0.3) is 0 Å². The van der Waals surface area contributed by atoms with Crippen molar-refractivity contribution in [2.75, 3.05) is 32.1 Å². The van der Waals surface area contributed by atoms with Gasteiger partial charge >= 0.3 is 0 Å². The number of benzene rings is 2. The highest BCUT2D eigenvalue weighted by Crippen LogP contribution is 2.69. The van der Waals surface area contributed by atoms with Gasteiger partial charge in [-0.25, -0.2) is 14.2 Å². The van der Waals surface area contributed by atoms with E-state index >= 15 is 0 Å². The second kappa shape index (κ2) is 8.20. The molecule has 0 amide bonds. The highest BCUT2D eigenvalue weighted by atomic mass is 31.2. The van der Waals surface area contributed by atoms with E-state index < -0.39 is 7.36 Å². The molecular formula is C26H36N5P. The van der Waals surface area contributed by atoms with Gasteiger partial charge in [0.15, 0.2) is 7.36 Å². The molecule has 6 heteroatoms. The number of hydrogen-bond acceptors (Lipinski definition) is 3. The molecule has 0 unspecified atom stereocenters. The first kappa shape index (κ1) is 22.8. The Hall–Kier alpha value is -2.36. The van der Waals surface area contributed by atoms with Crippen molar-refractivity contribution >= 4 is 24.9 Å². The molecule has 0 bridgehead atoms. The molecule has 0 saturated carbocycles. The molecule has 1 atom stereocenters. The number of hydrazone groups is 1. The monoisotopic (exact) mass is 449 g/mol. The zero-order valence-corrected chi connectivity index (χ0v) is 21.6. The molecule has 4 rings (SSSR count). The molecule has 2 aliphatic rings. The van der Waals surface area contributed by atoms with Crippen LogP contribution in [0.15, 0.2) is 63.3 Å². The van der Waals surface area contributed by atoms with Crippen molar-refractivity contribution in [3.05, 3.63) is 70.2 Å². The summed E-state index contributed by atoms with van der Waals surface area (Å²) in [6.45, 7) is 15.3. The zero-order chi connectivity index (χ0) is 23.3. The molecule has 0 aliphatic carbocycles. The second-order valence-corrected chi connectivity index (χ2v) is 12.2. The number of fused-ring (bicyclic) bond motifs is 1. The third-order valence-electron chi connectivity index (χ3n) is 7.05. The van der Waals surface area contributed by atoms with Gasteiger partial charge in [-0.2, -0.15) is 5.10 Å². The molecule has 0 spiro atoms. The van der Waals surface area contributed by atoms with E-state index in [-0.39, 0.29) is 5.41 Å². The fourth-order valence-electron chi connectivity index (χ4n) is 5.18. The summed E-state index contributed by atoms with van der Waals surface area (Å²) in [7, 11) is 1.98. The Bertz CT molecular complexity index is 1160. The van der Waals surface area contributed by atoms with Crippen molar-refractivity contribution in [3.8, 4) is 0 Å². The van der Waals surface area contributed by atoms with Gasteiger partial charge < -0.3 is 4.90 Å². The molecule has 2 aromatic rings. The van der Waals surface area contributed by atoms with Gasteiger partial charge in [0.2, 0.25) is 0 Å². The Kier molecular flexibility index (Phi) is 5.85. The average Bonchev–Trinajstić information content (AvgIpc) is 3.17. The minimum Gasteiger partial charge on any atom is -0.346 e. The molecule has 0 saturated heterocycles. The van der Waals surface area contributed by atoms with Crippen molar-refractivity contribution in [1.82, 2.24) is 9.45 Å². The molecule has 0 aromatic heterocycles. The number of hydrogen-bond donors (Lipinski definition) is 0. The molecular weight excluding hydrogens is 413 g/mol. The first-order chi connectivity index (χ1) is 15.2. The van der Waals surface area contributed by atoms with E-state index in [2.05, 4.69) is 119 Å². The van der Waals surface area contributed by atoms with Crippen LogP contribution in [0, 0.1) is 13.8 Å². The lowest BCUT2D eigenvalue weighted by atomic mass is 9.84. The quantitative estimate of drug-likeness (QED) is 0.477. The number of likely N-dealkylation sites (N-methyl/N-ethyl adjacent to an activating group) is 1. The Morgan fingerprint density at radius 2 is 1.69 bits per heavy atom. The van der Waals surface area contributed by atoms with Gasteiger partial charge in [-0.1, -0.05) is 52.0 Å². The van der Waals surface area contributed by atoms with E-state index in [4.69, 9.17) is 9.85 Å². The first-order valence-corrected chi connectivity index (χ1v) is 13.1. The van der Waals surface area contributed by atoms with Crippen molar-refractivity contribution in [3.63, 3.8) is 0 Å². The molecule has 5 nitrogen and oxygen atoms in total. The minimum atomic E-state index is -2.30. The predicted molar refractivity (Wildman–Crippen MR) is 139 cm³/mol. The fourth-order valence-corrected chi connectivity index (χ4v) is 8.88. The maximum absolute atomic E-state index is 5.56. The van der Waals surface area contributed by atoms with Crippen LogP contribution >= 0.6 is 7.36 Å². The number of allylic oxidation sites excluding steroid dienone is 2. The maximum Gasteiger partial charge on any atom is 0.174 e. The summed E-state index contributed by atoms with van der Waals surface area (Å²) < 4.78 is 10.2. The summed E-state index contributed by atoms with van der Waals surface area (Å²) >= 11 is 0. The van der Waals surface area contributed by atoms with E-state index in [1.54, 1.807) is 0 Å². The van der Waals surface area contributed by atoms with Crippen LogP contribution in [-0.4, -0.2) is 42.8 Å². The van der Waals surface area contributed by atoms with Crippen LogP contribution < -0.4 is 4.90 Å². The van der Waals surface area contributed by atoms with Gasteiger partial charge in [0.1, 0.15) is 0 Å². The molecule has 2 heterocycles. The highest BCUT2D eigenvalue weighted by Gasteiger charge is 2.47. The van der Waals surface area contributed by atoms with Crippen LogP contribution in [0.3, 0.4) is 0 Å². The summed E-state index contributed by atoms with van der Waals surface area (Å²) in [5.41, 5.74) is 7.39. The molecule has 170 valence electrons. The SMILES string of the molecule is CCN(CC)[P@@]1(=Nc2ccc(C)c(C)c2)/C(=C2\N(C)c3ccccc3C2(C)C)C=NN1C. The third kappa shape index (κ3) is 3.25. The van der Waals surface area contributed by atoms with E-state index in [0.717, 1.165) is 18.8 Å². The lowest BCUT2D eigenvalue weighted by molar-refractivity contribution is 0.452. The minimum absolute atomic E-state index is 0.130. The average molecular weight is 450 g/mol. The standard InChI is InChI=1S/C26H36N5P/c1-9-31(10-2)32(28-21-16-15-19(3)20(4)17-21)24(18-27-30(32)8)25-26(5,6)22-13-11-12-14-23(22)29(25)7/h11-18H,9-10H2,1-8H3/b25-24-/t32-/m1/s1. The zero-order valence-electron chi connectivity index (χ0n) is 20.7. The Balaban J connectivity index is 2.06. The van der Waals surface area contributed by atoms with Crippen LogP contribution in [0.4, 0.5) is 11.4 Å². The van der Waals surface area contributed by atoms with Gasteiger partial charge in [-0.3, -0.25) is 0 Å². The van der Waals surface area contributed by atoms with Crippen LogP contribution in [-0.2, 0) is 5.41 Å². The third-order valence-corrected chi connectivity index (χ3v) is 10.8. The molecule has 2 aromatic carbocycles. The molecule has 0 radical (unpaired) electrons. The topological polar surface area (TPSA) is 34.4 Å². The van der Waals surface area contributed by atoms with Gasteiger partial charge in [-0.05, 0) is 48.7 Å². The Morgan fingerprint density at radius 3 is 2.31 bits per heavy atom. The number of nitrogens with zero attached hydrogens (tertiary/aromatic N) is 5.